The molecule has 0 saturated carbocycles. The van der Waals surface area contributed by atoms with Crippen molar-refractivity contribution in [3.05, 3.63) is 75.8 Å². The van der Waals surface area contributed by atoms with Crippen molar-refractivity contribution < 1.29 is 24.2 Å². The van der Waals surface area contributed by atoms with E-state index in [1.165, 1.54) is 6.07 Å². The van der Waals surface area contributed by atoms with E-state index < -0.39 is 23.1 Å². The molecule has 0 spiro atoms. The molecule has 2 aromatic heterocycles. The number of para-hydroxylation sites is 1. The van der Waals surface area contributed by atoms with Crippen molar-refractivity contribution >= 4 is 45.2 Å². The molecule has 4 aromatic rings. The Hall–Kier alpha value is -4.20. The van der Waals surface area contributed by atoms with Crippen LogP contribution in [0.15, 0.2) is 57.7 Å². The van der Waals surface area contributed by atoms with Crippen molar-refractivity contribution in [2.45, 2.75) is 19.8 Å². The number of hydrogen-bond acceptors (Lipinski definition) is 6. The third-order valence-electron chi connectivity index (χ3n) is 4.87. The lowest BCUT2D eigenvalue weighted by Crippen LogP contribution is -2.10. The number of benzene rings is 2. The monoisotopic (exact) mass is 418 g/mol. The Labute approximate surface area is 175 Å². The summed E-state index contributed by atoms with van der Waals surface area (Å²) in [5.41, 5.74) is 1.48. The first-order valence-corrected chi connectivity index (χ1v) is 9.62. The van der Waals surface area contributed by atoms with Gasteiger partial charge in [0.1, 0.15) is 5.58 Å². The van der Waals surface area contributed by atoms with Gasteiger partial charge >= 0.3 is 11.9 Å². The molecule has 0 aliphatic rings. The minimum Gasteiger partial charge on any atom is -0.477 e. The van der Waals surface area contributed by atoms with Crippen molar-refractivity contribution in [3.63, 3.8) is 0 Å². The minimum atomic E-state index is -1.36. The second-order valence-electron chi connectivity index (χ2n) is 7.01. The summed E-state index contributed by atoms with van der Waals surface area (Å²) in [5.74, 6) is -3.05. The number of nitrogens with zero attached hydrogens (tertiary/aromatic N) is 1. The molecular formula is C23H18N2O6. The van der Waals surface area contributed by atoms with Crippen LogP contribution in [0.25, 0.3) is 21.9 Å². The smallest absolute Gasteiger partial charge is 0.371 e. The van der Waals surface area contributed by atoms with Crippen LogP contribution in [-0.4, -0.2) is 27.1 Å². The van der Waals surface area contributed by atoms with Gasteiger partial charge in [-0.1, -0.05) is 31.5 Å². The topological polar surface area (TPSA) is 130 Å². The van der Waals surface area contributed by atoms with E-state index in [-0.39, 0.29) is 16.7 Å². The van der Waals surface area contributed by atoms with E-state index in [1.54, 1.807) is 6.07 Å². The second-order valence-corrected chi connectivity index (χ2v) is 7.01. The van der Waals surface area contributed by atoms with Gasteiger partial charge in [-0.15, -0.1) is 0 Å². The summed E-state index contributed by atoms with van der Waals surface area (Å²) >= 11 is 0. The van der Waals surface area contributed by atoms with Crippen LogP contribution in [0.2, 0.25) is 0 Å². The van der Waals surface area contributed by atoms with Crippen molar-refractivity contribution in [2.24, 2.45) is 0 Å². The fourth-order valence-corrected chi connectivity index (χ4v) is 3.52. The molecule has 0 fully saturated rings. The number of hydrogen-bond donors (Lipinski definition) is 3. The van der Waals surface area contributed by atoms with Crippen LogP contribution in [0.4, 0.5) is 11.4 Å². The summed E-state index contributed by atoms with van der Waals surface area (Å²) in [6, 6.07) is 13.1. The number of anilines is 2. The van der Waals surface area contributed by atoms with Crippen molar-refractivity contribution in [1.29, 1.82) is 0 Å². The molecule has 0 unspecified atom stereocenters. The zero-order valence-electron chi connectivity index (χ0n) is 16.5. The number of pyridine rings is 1. The molecule has 0 bridgehead atoms. The molecule has 3 N–H and O–H groups in total. The molecule has 0 atom stereocenters. The summed E-state index contributed by atoms with van der Waals surface area (Å²) in [5, 5.41) is 22.8. The number of aromatic carboxylic acids is 2. The molecule has 31 heavy (non-hydrogen) atoms. The predicted molar refractivity (Wildman–Crippen MR) is 115 cm³/mol. The Morgan fingerprint density at radius 1 is 1.03 bits per heavy atom. The van der Waals surface area contributed by atoms with E-state index >= 15 is 0 Å². The summed E-state index contributed by atoms with van der Waals surface area (Å²) in [4.78, 5) is 40.1. The van der Waals surface area contributed by atoms with Gasteiger partial charge in [0.05, 0.1) is 16.6 Å². The maximum atomic E-state index is 12.7. The van der Waals surface area contributed by atoms with E-state index in [0.717, 1.165) is 11.8 Å². The number of carboxylic acid groups (broad SMARTS) is 2. The normalized spacial score (nSPS) is 11.0. The number of carboxylic acids is 2. The maximum Gasteiger partial charge on any atom is 0.371 e. The quantitative estimate of drug-likeness (QED) is 0.392. The van der Waals surface area contributed by atoms with Crippen LogP contribution in [0.3, 0.4) is 0 Å². The molecule has 0 amide bonds. The van der Waals surface area contributed by atoms with Crippen LogP contribution in [0, 0.1) is 0 Å². The van der Waals surface area contributed by atoms with Crippen LogP contribution in [0.1, 0.15) is 40.0 Å². The van der Waals surface area contributed by atoms with Crippen LogP contribution in [0.5, 0.6) is 0 Å². The van der Waals surface area contributed by atoms with Gasteiger partial charge in [0, 0.05) is 22.7 Å². The van der Waals surface area contributed by atoms with Gasteiger partial charge in [-0.05, 0) is 30.7 Å². The first kappa shape index (κ1) is 20.1. The Morgan fingerprint density at radius 2 is 1.77 bits per heavy atom. The molecule has 0 radical (unpaired) electrons. The number of aromatic nitrogens is 1. The Bertz CT molecular complexity index is 1390. The highest BCUT2D eigenvalue weighted by atomic mass is 16.4. The third kappa shape index (κ3) is 3.71. The summed E-state index contributed by atoms with van der Waals surface area (Å²) in [6.45, 7) is 1.91. The van der Waals surface area contributed by atoms with E-state index in [9.17, 15) is 24.6 Å². The third-order valence-corrected chi connectivity index (χ3v) is 4.87. The van der Waals surface area contributed by atoms with Gasteiger partial charge in [-0.3, -0.25) is 4.79 Å². The summed E-state index contributed by atoms with van der Waals surface area (Å²) in [6.07, 6.45) is 1.07. The molecule has 2 aromatic carbocycles. The SMILES string of the molecule is CCCc1c2nc(C(=O)O)cc(Nc3ccccc3)c2cc2c(=O)cc(C(=O)O)oc12. The maximum absolute atomic E-state index is 12.7. The highest BCUT2D eigenvalue weighted by Crippen LogP contribution is 2.34. The minimum absolute atomic E-state index is 0.111. The van der Waals surface area contributed by atoms with E-state index in [2.05, 4.69) is 10.3 Å². The van der Waals surface area contributed by atoms with E-state index in [0.29, 0.717) is 35.0 Å². The van der Waals surface area contributed by atoms with Gasteiger partial charge in [0.2, 0.25) is 5.76 Å². The zero-order chi connectivity index (χ0) is 22.1. The van der Waals surface area contributed by atoms with Crippen molar-refractivity contribution in [2.75, 3.05) is 5.32 Å². The van der Waals surface area contributed by atoms with E-state index in [1.807, 2.05) is 37.3 Å². The Balaban J connectivity index is 2.12. The average Bonchev–Trinajstić information content (AvgIpc) is 2.74. The standard InChI is InChI=1S/C23H18N2O6/c1-2-6-13-20-14(9-15-18(26)11-19(23(29)30)31-21(13)15)16(10-17(25-20)22(27)28)24-12-7-4-3-5-8-12/h3-5,7-11H,2,6H2,1H3,(H,24,25)(H,27,28)(H,29,30). The zero-order valence-corrected chi connectivity index (χ0v) is 16.5. The van der Waals surface area contributed by atoms with Gasteiger partial charge in [-0.2, -0.15) is 0 Å². The summed E-state index contributed by atoms with van der Waals surface area (Å²) < 4.78 is 5.55. The first-order chi connectivity index (χ1) is 14.9. The largest absolute Gasteiger partial charge is 0.477 e. The predicted octanol–water partition coefficient (Wildman–Crippen LogP) is 4.43. The highest BCUT2D eigenvalue weighted by molar-refractivity contribution is 6.06. The van der Waals surface area contributed by atoms with Crippen LogP contribution < -0.4 is 10.7 Å². The fourth-order valence-electron chi connectivity index (χ4n) is 3.52. The van der Waals surface area contributed by atoms with Crippen molar-refractivity contribution in [3.8, 4) is 0 Å². The first-order valence-electron chi connectivity index (χ1n) is 9.62. The molecule has 156 valence electrons. The second kappa shape index (κ2) is 7.91. The summed E-state index contributed by atoms with van der Waals surface area (Å²) in [7, 11) is 0. The molecule has 4 rings (SSSR count). The molecule has 0 aliphatic carbocycles. The number of rotatable bonds is 6. The number of fused-ring (bicyclic) bond motifs is 2. The molecule has 8 heteroatoms. The van der Waals surface area contributed by atoms with E-state index in [4.69, 9.17) is 4.42 Å². The Morgan fingerprint density at radius 3 is 2.42 bits per heavy atom. The van der Waals surface area contributed by atoms with Crippen LogP contribution >= 0.6 is 0 Å². The van der Waals surface area contributed by atoms with Gasteiger partial charge < -0.3 is 19.9 Å². The molecule has 8 nitrogen and oxygen atoms in total. The lowest BCUT2D eigenvalue weighted by atomic mass is 9.99. The molecule has 2 heterocycles. The molecule has 0 aliphatic heterocycles. The Kier molecular flexibility index (Phi) is 5.12. The van der Waals surface area contributed by atoms with Gasteiger partial charge in [0.25, 0.3) is 0 Å². The van der Waals surface area contributed by atoms with Gasteiger partial charge in [0.15, 0.2) is 11.1 Å². The van der Waals surface area contributed by atoms with Crippen molar-refractivity contribution in [1.82, 2.24) is 4.98 Å². The number of carbonyl (C=O) groups is 2. The lowest BCUT2D eigenvalue weighted by molar-refractivity contribution is 0.0660. The number of nitrogens with one attached hydrogen (secondary N) is 1. The highest BCUT2D eigenvalue weighted by Gasteiger charge is 2.20. The molecular weight excluding hydrogens is 400 g/mol. The lowest BCUT2D eigenvalue weighted by Gasteiger charge is -2.15. The average molecular weight is 418 g/mol. The fraction of sp³-hybridized carbons (Fsp3) is 0.130. The van der Waals surface area contributed by atoms with Gasteiger partial charge in [-0.25, -0.2) is 14.6 Å². The molecule has 0 saturated heterocycles. The van der Waals surface area contributed by atoms with Crippen LogP contribution in [-0.2, 0) is 6.42 Å². The number of aryl methyl sites for hydroxylation is 1.